The Labute approximate surface area is 156 Å². The summed E-state index contributed by atoms with van der Waals surface area (Å²) in [4.78, 5) is 31.4. The van der Waals surface area contributed by atoms with Gasteiger partial charge in [0, 0.05) is 60.8 Å². The molecule has 0 saturated carbocycles. The van der Waals surface area contributed by atoms with E-state index in [0.29, 0.717) is 25.4 Å². The fourth-order valence-corrected chi connectivity index (χ4v) is 4.50. The summed E-state index contributed by atoms with van der Waals surface area (Å²) in [5, 5.41) is 0. The van der Waals surface area contributed by atoms with Crippen molar-refractivity contribution in [2.24, 2.45) is 5.92 Å². The highest BCUT2D eigenvalue weighted by molar-refractivity contribution is 5.91. The van der Waals surface area contributed by atoms with Crippen LogP contribution < -0.4 is 5.56 Å². The molecule has 2 aliphatic rings. The van der Waals surface area contributed by atoms with E-state index in [2.05, 4.69) is 4.98 Å². The smallest absolute Gasteiger partial charge is 0.289 e. The molecule has 5 rings (SSSR count). The number of hydrogen-bond donors (Lipinski definition) is 0. The quantitative estimate of drug-likeness (QED) is 0.704. The lowest BCUT2D eigenvalue weighted by Crippen LogP contribution is -2.49. The van der Waals surface area contributed by atoms with E-state index in [1.54, 1.807) is 24.4 Å². The van der Waals surface area contributed by atoms with Gasteiger partial charge in [-0.1, -0.05) is 6.07 Å². The maximum Gasteiger partial charge on any atom is 0.289 e. The highest BCUT2D eigenvalue weighted by Gasteiger charge is 2.38. The summed E-state index contributed by atoms with van der Waals surface area (Å²) in [5.74, 6) is 0.690. The Bertz CT molecular complexity index is 1040. The van der Waals surface area contributed by atoms with Crippen molar-refractivity contribution in [2.75, 3.05) is 13.1 Å². The number of likely N-dealkylation sites (tertiary alicyclic amines) is 1. The largest absolute Gasteiger partial charge is 0.459 e. The molecule has 0 radical (unpaired) electrons. The fraction of sp³-hybridized carbons (Fsp3) is 0.286. The first kappa shape index (κ1) is 16.1. The summed E-state index contributed by atoms with van der Waals surface area (Å²) in [6, 6.07) is 10.9. The molecule has 136 valence electrons. The lowest BCUT2D eigenvalue weighted by atomic mass is 9.80. The van der Waals surface area contributed by atoms with Gasteiger partial charge in [-0.2, -0.15) is 0 Å². The second-order valence-electron chi connectivity index (χ2n) is 7.31. The van der Waals surface area contributed by atoms with E-state index >= 15 is 0 Å². The summed E-state index contributed by atoms with van der Waals surface area (Å²) in [6.07, 6.45) is 6.07. The van der Waals surface area contributed by atoms with Crippen molar-refractivity contribution in [3.05, 3.63) is 76.9 Å². The number of carbonyl (C=O) groups excluding carboxylic acids is 1. The van der Waals surface area contributed by atoms with Crippen molar-refractivity contribution < 1.29 is 9.21 Å². The van der Waals surface area contributed by atoms with Crippen LogP contribution in [0.5, 0.6) is 0 Å². The summed E-state index contributed by atoms with van der Waals surface area (Å²) >= 11 is 0. The van der Waals surface area contributed by atoms with E-state index in [-0.39, 0.29) is 23.3 Å². The predicted octanol–water partition coefficient (Wildman–Crippen LogP) is 2.76. The SMILES string of the molecule is O=C(c1ccco1)N1CC2CC(C1)c1c(-c3cccnc3)ccc(=O)n1C2. The van der Waals surface area contributed by atoms with Gasteiger partial charge in [-0.25, -0.2) is 0 Å². The monoisotopic (exact) mass is 361 g/mol. The van der Waals surface area contributed by atoms with Gasteiger partial charge in [-0.3, -0.25) is 14.6 Å². The Hall–Kier alpha value is -3.15. The Morgan fingerprint density at radius 2 is 2.04 bits per heavy atom. The minimum absolute atomic E-state index is 0.0261. The van der Waals surface area contributed by atoms with Crippen molar-refractivity contribution in [1.82, 2.24) is 14.5 Å². The second kappa shape index (κ2) is 6.23. The van der Waals surface area contributed by atoms with Crippen LogP contribution >= 0.6 is 0 Å². The summed E-state index contributed by atoms with van der Waals surface area (Å²) in [6.45, 7) is 1.88. The summed E-state index contributed by atoms with van der Waals surface area (Å²) in [5.41, 5.74) is 3.06. The van der Waals surface area contributed by atoms with Crippen LogP contribution in [0.2, 0.25) is 0 Å². The molecule has 6 nitrogen and oxygen atoms in total. The molecule has 2 atom stereocenters. The Morgan fingerprint density at radius 1 is 1.11 bits per heavy atom. The van der Waals surface area contributed by atoms with Crippen molar-refractivity contribution in [1.29, 1.82) is 0 Å². The molecular weight excluding hydrogens is 342 g/mol. The zero-order valence-electron chi connectivity index (χ0n) is 14.7. The third-order valence-electron chi connectivity index (χ3n) is 5.58. The lowest BCUT2D eigenvalue weighted by molar-refractivity contribution is 0.0564. The minimum Gasteiger partial charge on any atom is -0.459 e. The van der Waals surface area contributed by atoms with E-state index in [0.717, 1.165) is 23.2 Å². The van der Waals surface area contributed by atoms with Crippen LogP contribution in [0.3, 0.4) is 0 Å². The molecule has 3 aromatic heterocycles. The van der Waals surface area contributed by atoms with Crippen LogP contribution in [-0.4, -0.2) is 33.4 Å². The van der Waals surface area contributed by atoms with Gasteiger partial charge < -0.3 is 13.9 Å². The van der Waals surface area contributed by atoms with Crippen molar-refractivity contribution >= 4 is 5.91 Å². The van der Waals surface area contributed by atoms with Gasteiger partial charge in [-0.15, -0.1) is 0 Å². The molecular formula is C21H19N3O3. The number of nitrogens with zero attached hydrogens (tertiary/aromatic N) is 3. The van der Waals surface area contributed by atoms with E-state index in [4.69, 9.17) is 4.42 Å². The molecule has 0 aliphatic carbocycles. The first-order chi connectivity index (χ1) is 13.2. The number of piperidine rings is 1. The molecule has 2 bridgehead atoms. The number of hydrogen-bond acceptors (Lipinski definition) is 4. The molecule has 0 N–H and O–H groups in total. The van der Waals surface area contributed by atoms with Crippen LogP contribution in [-0.2, 0) is 6.54 Å². The topological polar surface area (TPSA) is 68.3 Å². The van der Waals surface area contributed by atoms with Gasteiger partial charge in [-0.05, 0) is 36.6 Å². The average Bonchev–Trinajstić information content (AvgIpc) is 3.23. The number of aromatic nitrogens is 2. The van der Waals surface area contributed by atoms with Crippen molar-refractivity contribution in [3.63, 3.8) is 0 Å². The molecule has 5 heterocycles. The first-order valence-electron chi connectivity index (χ1n) is 9.17. The molecule has 3 aromatic rings. The van der Waals surface area contributed by atoms with Crippen LogP contribution in [0.4, 0.5) is 0 Å². The Morgan fingerprint density at radius 3 is 2.81 bits per heavy atom. The normalized spacial score (nSPS) is 21.0. The number of furan rings is 1. The molecule has 0 spiro atoms. The van der Waals surface area contributed by atoms with E-state index < -0.39 is 0 Å². The molecule has 1 fully saturated rings. The second-order valence-corrected chi connectivity index (χ2v) is 7.31. The van der Waals surface area contributed by atoms with Gasteiger partial charge in [0.15, 0.2) is 5.76 Å². The zero-order valence-corrected chi connectivity index (χ0v) is 14.7. The van der Waals surface area contributed by atoms with Crippen molar-refractivity contribution in [3.8, 4) is 11.1 Å². The third kappa shape index (κ3) is 2.68. The maximum atomic E-state index is 12.8. The van der Waals surface area contributed by atoms with Crippen LogP contribution in [0.1, 0.15) is 28.6 Å². The van der Waals surface area contributed by atoms with Crippen LogP contribution in [0.15, 0.2) is 64.3 Å². The maximum absolute atomic E-state index is 12.8. The van der Waals surface area contributed by atoms with E-state index in [9.17, 15) is 9.59 Å². The van der Waals surface area contributed by atoms with Crippen molar-refractivity contribution in [2.45, 2.75) is 18.9 Å². The predicted molar refractivity (Wildman–Crippen MR) is 99.4 cm³/mol. The number of rotatable bonds is 2. The number of fused-ring (bicyclic) bond motifs is 4. The average molecular weight is 361 g/mol. The fourth-order valence-electron chi connectivity index (χ4n) is 4.50. The number of carbonyl (C=O) groups is 1. The molecule has 1 saturated heterocycles. The molecule has 6 heteroatoms. The minimum atomic E-state index is -0.0793. The van der Waals surface area contributed by atoms with Crippen LogP contribution in [0.25, 0.3) is 11.1 Å². The molecule has 1 amide bonds. The van der Waals surface area contributed by atoms with Gasteiger partial charge >= 0.3 is 0 Å². The zero-order chi connectivity index (χ0) is 18.4. The summed E-state index contributed by atoms with van der Waals surface area (Å²) < 4.78 is 7.20. The Kier molecular flexibility index (Phi) is 3.70. The van der Waals surface area contributed by atoms with Gasteiger partial charge in [0.05, 0.1) is 6.26 Å². The molecule has 2 unspecified atom stereocenters. The number of amides is 1. The van der Waals surface area contributed by atoms with Gasteiger partial charge in [0.1, 0.15) is 0 Å². The third-order valence-corrected chi connectivity index (χ3v) is 5.58. The molecule has 0 aromatic carbocycles. The van der Waals surface area contributed by atoms with Gasteiger partial charge in [0.2, 0.25) is 0 Å². The standard InChI is InChI=1S/C21H19N3O3/c25-19-6-5-17(15-3-1-7-22-10-15)20-16-9-14(12-24(19)20)11-23(13-16)21(26)18-4-2-8-27-18/h1-8,10,14,16H,9,11-13H2. The van der Waals surface area contributed by atoms with E-state index in [1.165, 1.54) is 6.26 Å². The lowest BCUT2D eigenvalue weighted by Gasteiger charge is -2.43. The Balaban J connectivity index is 1.57. The van der Waals surface area contributed by atoms with Gasteiger partial charge in [0.25, 0.3) is 11.5 Å². The molecule has 27 heavy (non-hydrogen) atoms. The van der Waals surface area contributed by atoms with E-state index in [1.807, 2.05) is 33.9 Å². The molecule has 2 aliphatic heterocycles. The number of pyridine rings is 2. The first-order valence-corrected chi connectivity index (χ1v) is 9.17. The summed E-state index contributed by atoms with van der Waals surface area (Å²) in [7, 11) is 0. The highest BCUT2D eigenvalue weighted by Crippen LogP contribution is 2.40. The van der Waals surface area contributed by atoms with Crippen LogP contribution in [0, 0.1) is 5.92 Å². The highest BCUT2D eigenvalue weighted by atomic mass is 16.3.